The summed E-state index contributed by atoms with van der Waals surface area (Å²) in [5, 5.41) is 0. The summed E-state index contributed by atoms with van der Waals surface area (Å²) in [4.78, 5) is 13.3. The molecule has 0 saturated heterocycles. The first-order chi connectivity index (χ1) is 8.37. The molecular formula is C11H12INO4S. The number of ether oxygens (including phenoxy) is 1. The van der Waals surface area contributed by atoms with Crippen LogP contribution in [0.25, 0.3) is 0 Å². The van der Waals surface area contributed by atoms with Gasteiger partial charge in [0.25, 0.3) is 5.91 Å². The number of fused-ring (bicyclic) bond motifs is 1. The van der Waals surface area contributed by atoms with Gasteiger partial charge in [-0.15, -0.1) is 0 Å². The fourth-order valence-electron chi connectivity index (χ4n) is 1.68. The number of hydrogen-bond donors (Lipinski definition) is 0. The largest absolute Gasteiger partial charge is 0.482 e. The SMILES string of the molecule is CS(=O)(=O)CCN1C(=O)COc2ccc(I)cc21. The van der Waals surface area contributed by atoms with Crippen molar-refractivity contribution in [3.63, 3.8) is 0 Å². The zero-order chi connectivity index (χ0) is 13.3. The van der Waals surface area contributed by atoms with Gasteiger partial charge in [-0.3, -0.25) is 4.79 Å². The highest BCUT2D eigenvalue weighted by atomic mass is 127. The molecule has 0 aromatic heterocycles. The summed E-state index contributed by atoms with van der Waals surface area (Å²) >= 11 is 2.14. The summed E-state index contributed by atoms with van der Waals surface area (Å²) in [7, 11) is -3.10. The molecule has 1 heterocycles. The third-order valence-electron chi connectivity index (χ3n) is 2.55. The molecule has 0 unspecified atom stereocenters. The Hall–Kier alpha value is -0.830. The van der Waals surface area contributed by atoms with E-state index in [1.54, 1.807) is 6.07 Å². The lowest BCUT2D eigenvalue weighted by molar-refractivity contribution is -0.121. The molecule has 1 amide bonds. The normalized spacial score (nSPS) is 15.2. The number of sulfone groups is 1. The summed E-state index contributed by atoms with van der Waals surface area (Å²) in [6.07, 6.45) is 1.16. The second-order valence-corrected chi connectivity index (χ2v) is 7.58. The van der Waals surface area contributed by atoms with Crippen molar-refractivity contribution in [2.75, 3.05) is 30.1 Å². The number of benzene rings is 1. The predicted molar refractivity (Wildman–Crippen MR) is 76.7 cm³/mol. The van der Waals surface area contributed by atoms with Crippen LogP contribution in [0.1, 0.15) is 0 Å². The number of carbonyl (C=O) groups is 1. The van der Waals surface area contributed by atoms with E-state index in [9.17, 15) is 13.2 Å². The van der Waals surface area contributed by atoms with Crippen molar-refractivity contribution in [2.45, 2.75) is 0 Å². The van der Waals surface area contributed by atoms with Crippen molar-refractivity contribution in [2.24, 2.45) is 0 Å². The van der Waals surface area contributed by atoms with Crippen LogP contribution in [-0.4, -0.2) is 39.5 Å². The minimum atomic E-state index is -3.10. The van der Waals surface area contributed by atoms with E-state index < -0.39 is 9.84 Å². The van der Waals surface area contributed by atoms with Crippen LogP contribution in [0.2, 0.25) is 0 Å². The highest BCUT2D eigenvalue weighted by Crippen LogP contribution is 2.33. The van der Waals surface area contributed by atoms with Crippen LogP contribution in [0.15, 0.2) is 18.2 Å². The summed E-state index contributed by atoms with van der Waals surface area (Å²) in [5.41, 5.74) is 0.641. The fraction of sp³-hybridized carbons (Fsp3) is 0.364. The van der Waals surface area contributed by atoms with Crippen LogP contribution in [-0.2, 0) is 14.6 Å². The van der Waals surface area contributed by atoms with E-state index in [-0.39, 0.29) is 24.8 Å². The van der Waals surface area contributed by atoms with Gasteiger partial charge in [-0.2, -0.15) is 0 Å². The molecule has 98 valence electrons. The minimum Gasteiger partial charge on any atom is -0.482 e. The molecule has 18 heavy (non-hydrogen) atoms. The van der Waals surface area contributed by atoms with Crippen molar-refractivity contribution in [1.29, 1.82) is 0 Å². The average molecular weight is 381 g/mol. The van der Waals surface area contributed by atoms with Gasteiger partial charge in [-0.05, 0) is 40.8 Å². The van der Waals surface area contributed by atoms with Crippen LogP contribution < -0.4 is 9.64 Å². The molecule has 1 aliphatic rings. The van der Waals surface area contributed by atoms with E-state index >= 15 is 0 Å². The monoisotopic (exact) mass is 381 g/mol. The van der Waals surface area contributed by atoms with E-state index in [2.05, 4.69) is 22.6 Å². The van der Waals surface area contributed by atoms with Crippen molar-refractivity contribution in [1.82, 2.24) is 0 Å². The number of hydrogen-bond acceptors (Lipinski definition) is 4. The maximum Gasteiger partial charge on any atom is 0.265 e. The zero-order valence-corrected chi connectivity index (χ0v) is 12.7. The number of halogens is 1. The average Bonchev–Trinajstić information content (AvgIpc) is 2.26. The molecule has 1 aromatic rings. The topological polar surface area (TPSA) is 63.7 Å². The molecule has 0 fully saturated rings. The third kappa shape index (κ3) is 3.14. The van der Waals surface area contributed by atoms with Crippen molar-refractivity contribution >= 4 is 44.0 Å². The van der Waals surface area contributed by atoms with Crippen LogP contribution in [0.3, 0.4) is 0 Å². The highest BCUT2D eigenvalue weighted by Gasteiger charge is 2.26. The Bertz CT molecular complexity index is 585. The first kappa shape index (κ1) is 13.6. The van der Waals surface area contributed by atoms with Gasteiger partial charge in [0.05, 0.1) is 11.4 Å². The van der Waals surface area contributed by atoms with Gasteiger partial charge in [-0.25, -0.2) is 8.42 Å². The maximum absolute atomic E-state index is 11.8. The maximum atomic E-state index is 11.8. The summed E-state index contributed by atoms with van der Waals surface area (Å²) in [5.74, 6) is 0.348. The molecule has 0 spiro atoms. The van der Waals surface area contributed by atoms with Crippen LogP contribution in [0, 0.1) is 3.57 Å². The number of nitrogens with zero attached hydrogens (tertiary/aromatic N) is 1. The van der Waals surface area contributed by atoms with Gasteiger partial charge >= 0.3 is 0 Å². The van der Waals surface area contributed by atoms with E-state index in [0.29, 0.717) is 11.4 Å². The lowest BCUT2D eigenvalue weighted by atomic mass is 10.2. The van der Waals surface area contributed by atoms with Crippen molar-refractivity contribution in [3.05, 3.63) is 21.8 Å². The molecule has 5 nitrogen and oxygen atoms in total. The molecule has 7 heteroatoms. The first-order valence-corrected chi connectivity index (χ1v) is 8.41. The van der Waals surface area contributed by atoms with Gasteiger partial charge in [0.1, 0.15) is 15.6 Å². The van der Waals surface area contributed by atoms with E-state index in [4.69, 9.17) is 4.74 Å². The number of amides is 1. The molecule has 0 aliphatic carbocycles. The van der Waals surface area contributed by atoms with Crippen molar-refractivity contribution < 1.29 is 17.9 Å². The predicted octanol–water partition coefficient (Wildman–Crippen LogP) is 1.06. The molecule has 2 rings (SSSR count). The van der Waals surface area contributed by atoms with E-state index in [1.807, 2.05) is 12.1 Å². The Morgan fingerprint density at radius 2 is 2.17 bits per heavy atom. The van der Waals surface area contributed by atoms with Crippen LogP contribution in [0.5, 0.6) is 5.75 Å². The molecular weight excluding hydrogens is 369 g/mol. The summed E-state index contributed by atoms with van der Waals surface area (Å²) in [6, 6.07) is 5.48. The number of carbonyl (C=O) groups excluding carboxylic acids is 1. The van der Waals surface area contributed by atoms with Gasteiger partial charge < -0.3 is 9.64 Å². The number of rotatable bonds is 3. The van der Waals surface area contributed by atoms with Crippen LogP contribution >= 0.6 is 22.6 Å². The standard InChI is InChI=1S/C11H12INO4S/c1-18(15,16)5-4-13-9-6-8(12)2-3-10(9)17-7-11(13)14/h2-3,6H,4-5,7H2,1H3. The van der Waals surface area contributed by atoms with E-state index in [0.717, 1.165) is 9.83 Å². The minimum absolute atomic E-state index is 0.0443. The Morgan fingerprint density at radius 1 is 1.44 bits per heavy atom. The Kier molecular flexibility index (Phi) is 3.81. The molecule has 0 saturated carbocycles. The lowest BCUT2D eigenvalue weighted by Crippen LogP contribution is -2.41. The quantitative estimate of drug-likeness (QED) is 0.735. The molecule has 0 radical (unpaired) electrons. The second-order valence-electron chi connectivity index (χ2n) is 4.08. The van der Waals surface area contributed by atoms with Gasteiger partial charge in [0.2, 0.25) is 0 Å². The van der Waals surface area contributed by atoms with E-state index in [1.165, 1.54) is 4.90 Å². The van der Waals surface area contributed by atoms with Crippen LogP contribution in [0.4, 0.5) is 5.69 Å². The Morgan fingerprint density at radius 3 is 2.83 bits per heavy atom. The van der Waals surface area contributed by atoms with Gasteiger partial charge in [0.15, 0.2) is 6.61 Å². The van der Waals surface area contributed by atoms with Gasteiger partial charge in [-0.1, -0.05) is 0 Å². The second kappa shape index (κ2) is 5.04. The molecule has 0 atom stereocenters. The highest BCUT2D eigenvalue weighted by molar-refractivity contribution is 14.1. The number of anilines is 1. The first-order valence-electron chi connectivity index (χ1n) is 5.27. The summed E-state index contributed by atoms with van der Waals surface area (Å²) in [6.45, 7) is 0.117. The fourth-order valence-corrected chi connectivity index (χ4v) is 2.67. The smallest absolute Gasteiger partial charge is 0.265 e. The van der Waals surface area contributed by atoms with Gasteiger partial charge in [0, 0.05) is 16.4 Å². The summed E-state index contributed by atoms with van der Waals surface area (Å²) < 4.78 is 28.7. The lowest BCUT2D eigenvalue weighted by Gasteiger charge is -2.29. The molecule has 0 bridgehead atoms. The Balaban J connectivity index is 2.30. The molecule has 0 N–H and O–H groups in total. The third-order valence-corrected chi connectivity index (χ3v) is 4.14. The van der Waals surface area contributed by atoms with Crippen molar-refractivity contribution in [3.8, 4) is 5.75 Å². The zero-order valence-electron chi connectivity index (χ0n) is 9.72. The molecule has 1 aliphatic heterocycles. The Labute approximate surface area is 119 Å². The molecule has 1 aromatic carbocycles.